The molecule has 0 spiro atoms. The van der Waals surface area contributed by atoms with Crippen LogP contribution in [0.25, 0.3) is 0 Å². The van der Waals surface area contributed by atoms with Gasteiger partial charge in [-0.3, -0.25) is 4.21 Å². The Morgan fingerprint density at radius 1 is 1.26 bits per heavy atom. The van der Waals surface area contributed by atoms with Crippen molar-refractivity contribution in [3.05, 3.63) is 29.3 Å². The van der Waals surface area contributed by atoms with Crippen molar-refractivity contribution in [3.8, 4) is 0 Å². The maximum absolute atomic E-state index is 12.8. The molecule has 0 aliphatic heterocycles. The second-order valence-electron chi connectivity index (χ2n) is 4.63. The number of nitrogens with one attached hydrogen (secondary N) is 1. The van der Waals surface area contributed by atoms with Crippen molar-refractivity contribution in [2.75, 3.05) is 6.54 Å². The van der Waals surface area contributed by atoms with Crippen LogP contribution in [0, 0.1) is 0 Å². The first kappa shape index (κ1) is 16.7. The van der Waals surface area contributed by atoms with Crippen LogP contribution < -0.4 is 5.32 Å². The van der Waals surface area contributed by atoms with Crippen molar-refractivity contribution in [2.45, 2.75) is 56.2 Å². The van der Waals surface area contributed by atoms with Gasteiger partial charge in [-0.2, -0.15) is 0 Å². The van der Waals surface area contributed by atoms with Crippen molar-refractivity contribution in [1.82, 2.24) is 5.32 Å². The van der Waals surface area contributed by atoms with E-state index in [1.165, 1.54) is 0 Å². The van der Waals surface area contributed by atoms with E-state index < -0.39 is 10.8 Å². The minimum atomic E-state index is -1.06. The van der Waals surface area contributed by atoms with Crippen molar-refractivity contribution in [1.29, 1.82) is 0 Å². The van der Waals surface area contributed by atoms with Crippen molar-refractivity contribution >= 4 is 22.4 Å². The molecule has 0 amide bonds. The Hall–Kier alpha value is -0.380. The molecule has 1 N–H and O–H groups in total. The van der Waals surface area contributed by atoms with Gasteiger partial charge in [-0.25, -0.2) is 0 Å². The lowest BCUT2D eigenvalue weighted by Gasteiger charge is -2.26. The quantitative estimate of drug-likeness (QED) is 0.786. The van der Waals surface area contributed by atoms with E-state index in [1.54, 1.807) is 0 Å². The third-order valence-electron chi connectivity index (χ3n) is 3.25. The molecule has 0 aliphatic rings. The van der Waals surface area contributed by atoms with Crippen LogP contribution in [0.5, 0.6) is 0 Å². The molecule has 1 aromatic rings. The Bertz CT molecular complexity index is 405. The van der Waals surface area contributed by atoms with E-state index >= 15 is 0 Å². The minimum Gasteiger partial charge on any atom is -0.313 e. The number of halogens is 1. The molecule has 2 nitrogen and oxygen atoms in total. The molecule has 4 heteroatoms. The summed E-state index contributed by atoms with van der Waals surface area (Å²) >= 11 is 6.17. The average molecular weight is 302 g/mol. The summed E-state index contributed by atoms with van der Waals surface area (Å²) in [5.74, 6) is 0. The second-order valence-corrected chi connectivity index (χ2v) is 6.67. The first-order valence-electron chi connectivity index (χ1n) is 7.04. The van der Waals surface area contributed by atoms with Crippen LogP contribution in [0.2, 0.25) is 5.02 Å². The summed E-state index contributed by atoms with van der Waals surface area (Å²) in [4.78, 5) is 0.759. The number of benzene rings is 1. The predicted octanol–water partition coefficient (Wildman–Crippen LogP) is 4.00. The molecule has 0 radical (unpaired) electrons. The first-order chi connectivity index (χ1) is 9.15. The number of hydrogen-bond acceptors (Lipinski definition) is 2. The highest BCUT2D eigenvalue weighted by atomic mass is 35.5. The van der Waals surface area contributed by atoms with Gasteiger partial charge in [0.2, 0.25) is 0 Å². The zero-order valence-electron chi connectivity index (χ0n) is 12.0. The lowest BCUT2D eigenvalue weighted by molar-refractivity contribution is 0.458. The van der Waals surface area contributed by atoms with Gasteiger partial charge in [-0.15, -0.1) is 0 Å². The van der Waals surface area contributed by atoms with Crippen LogP contribution in [0.3, 0.4) is 0 Å². The van der Waals surface area contributed by atoms with Crippen LogP contribution in [0.15, 0.2) is 29.2 Å². The third kappa shape index (κ3) is 4.59. The molecule has 0 aliphatic carbocycles. The molecule has 1 aromatic carbocycles. The van der Waals surface area contributed by atoms with Gasteiger partial charge in [-0.1, -0.05) is 50.9 Å². The molecule has 3 unspecified atom stereocenters. The monoisotopic (exact) mass is 301 g/mol. The summed E-state index contributed by atoms with van der Waals surface area (Å²) in [6.45, 7) is 7.25. The second kappa shape index (κ2) is 8.72. The topological polar surface area (TPSA) is 29.1 Å². The average Bonchev–Trinajstić information content (AvgIpc) is 2.40. The Morgan fingerprint density at radius 3 is 2.47 bits per heavy atom. The molecule has 0 bridgehead atoms. The van der Waals surface area contributed by atoms with Crippen LogP contribution in [0.4, 0.5) is 0 Å². The molecule has 0 saturated heterocycles. The van der Waals surface area contributed by atoms with E-state index in [0.717, 1.165) is 30.7 Å². The first-order valence-corrected chi connectivity index (χ1v) is 8.63. The highest BCUT2D eigenvalue weighted by Gasteiger charge is 2.26. The molecule has 0 heterocycles. The maximum Gasteiger partial charge on any atom is 0.0591 e. The van der Waals surface area contributed by atoms with Crippen LogP contribution in [0.1, 0.15) is 40.0 Å². The summed E-state index contributed by atoms with van der Waals surface area (Å²) < 4.78 is 12.8. The molecule has 0 aromatic heterocycles. The molecule has 19 heavy (non-hydrogen) atoms. The Morgan fingerprint density at radius 2 is 1.95 bits per heavy atom. The molecule has 3 atom stereocenters. The fourth-order valence-corrected chi connectivity index (χ4v) is 4.35. The van der Waals surface area contributed by atoms with Gasteiger partial charge in [-0.05, 0) is 31.5 Å². The normalized spacial score (nSPS) is 16.0. The molecule has 0 fully saturated rings. The van der Waals surface area contributed by atoms with E-state index in [2.05, 4.69) is 26.1 Å². The van der Waals surface area contributed by atoms with Crippen LogP contribution in [-0.2, 0) is 10.8 Å². The van der Waals surface area contributed by atoms with E-state index in [9.17, 15) is 4.21 Å². The lowest BCUT2D eigenvalue weighted by Crippen LogP contribution is -2.41. The fraction of sp³-hybridized carbons (Fsp3) is 0.600. The fourth-order valence-electron chi connectivity index (χ4n) is 2.35. The molecular formula is C15H24ClNOS. The SMILES string of the molecule is CCCC(NCC)C(CC)S(=O)c1ccccc1Cl. The third-order valence-corrected chi connectivity index (χ3v) is 5.69. The van der Waals surface area contributed by atoms with Gasteiger partial charge < -0.3 is 5.32 Å². The van der Waals surface area contributed by atoms with Gasteiger partial charge in [0.15, 0.2) is 0 Å². The van der Waals surface area contributed by atoms with Gasteiger partial charge >= 0.3 is 0 Å². The van der Waals surface area contributed by atoms with Crippen LogP contribution >= 0.6 is 11.6 Å². The number of rotatable bonds is 8. The van der Waals surface area contributed by atoms with E-state index in [0.29, 0.717) is 5.02 Å². The van der Waals surface area contributed by atoms with Crippen molar-refractivity contribution < 1.29 is 4.21 Å². The highest BCUT2D eigenvalue weighted by molar-refractivity contribution is 7.85. The highest BCUT2D eigenvalue weighted by Crippen LogP contribution is 2.25. The molecule has 0 saturated carbocycles. The van der Waals surface area contributed by atoms with E-state index in [4.69, 9.17) is 11.6 Å². The molecular weight excluding hydrogens is 278 g/mol. The Kier molecular flexibility index (Phi) is 7.66. The summed E-state index contributed by atoms with van der Waals surface area (Å²) in [6.07, 6.45) is 3.02. The summed E-state index contributed by atoms with van der Waals surface area (Å²) in [7, 11) is -1.06. The minimum absolute atomic E-state index is 0.111. The maximum atomic E-state index is 12.8. The zero-order valence-corrected chi connectivity index (χ0v) is 13.6. The standard InChI is InChI=1S/C15H24ClNOS/c1-4-9-13(17-6-3)14(5-2)19(18)15-11-8-7-10-12(15)16/h7-8,10-11,13-14,17H,4-6,9H2,1-3H3. The lowest BCUT2D eigenvalue weighted by atomic mass is 10.1. The smallest absolute Gasteiger partial charge is 0.0591 e. The summed E-state index contributed by atoms with van der Waals surface area (Å²) in [5, 5.41) is 4.18. The zero-order chi connectivity index (χ0) is 14.3. The van der Waals surface area contributed by atoms with Crippen LogP contribution in [-0.4, -0.2) is 22.0 Å². The van der Waals surface area contributed by atoms with Crippen molar-refractivity contribution in [2.24, 2.45) is 0 Å². The van der Waals surface area contributed by atoms with Gasteiger partial charge in [0, 0.05) is 6.04 Å². The number of hydrogen-bond donors (Lipinski definition) is 1. The summed E-state index contributed by atoms with van der Waals surface area (Å²) in [5.41, 5.74) is 0. The van der Waals surface area contributed by atoms with Gasteiger partial charge in [0.25, 0.3) is 0 Å². The summed E-state index contributed by atoms with van der Waals surface area (Å²) in [6, 6.07) is 7.74. The van der Waals surface area contributed by atoms with E-state index in [1.807, 2.05) is 24.3 Å². The predicted molar refractivity (Wildman–Crippen MR) is 84.3 cm³/mol. The van der Waals surface area contributed by atoms with Gasteiger partial charge in [0.1, 0.15) is 0 Å². The molecule has 108 valence electrons. The Labute approximate surface area is 124 Å². The van der Waals surface area contributed by atoms with E-state index in [-0.39, 0.29) is 11.3 Å². The Balaban J connectivity index is 2.94. The van der Waals surface area contributed by atoms with Crippen molar-refractivity contribution in [3.63, 3.8) is 0 Å². The largest absolute Gasteiger partial charge is 0.313 e. The molecule has 1 rings (SSSR count). The van der Waals surface area contributed by atoms with Gasteiger partial charge in [0.05, 0.1) is 26.0 Å².